The molecule has 0 atom stereocenters. The Labute approximate surface area is 157 Å². The van der Waals surface area contributed by atoms with Crippen LogP contribution < -0.4 is 0 Å². The van der Waals surface area contributed by atoms with Crippen molar-refractivity contribution in [1.82, 2.24) is 4.90 Å². The highest BCUT2D eigenvalue weighted by molar-refractivity contribution is 5.96. The van der Waals surface area contributed by atoms with Crippen LogP contribution in [0.4, 0.5) is 0 Å². The molecule has 1 aromatic carbocycles. The Morgan fingerprint density at radius 2 is 1.58 bits per heavy atom. The van der Waals surface area contributed by atoms with E-state index in [0.29, 0.717) is 19.4 Å². The third-order valence-corrected chi connectivity index (χ3v) is 4.97. The van der Waals surface area contributed by atoms with Gasteiger partial charge in [0, 0.05) is 24.9 Å². The summed E-state index contributed by atoms with van der Waals surface area (Å²) in [6, 6.07) is 8.15. The Hall–Kier alpha value is -1.68. The van der Waals surface area contributed by atoms with E-state index in [9.17, 15) is 9.59 Å². The summed E-state index contributed by atoms with van der Waals surface area (Å²) in [4.78, 5) is 26.0. The minimum atomic E-state index is -0.117. The smallest absolute Gasteiger partial charge is 0.305 e. The molecule has 1 saturated heterocycles. The molecule has 4 nitrogen and oxygen atoms in total. The van der Waals surface area contributed by atoms with Crippen molar-refractivity contribution >= 4 is 11.8 Å². The lowest BCUT2D eigenvalue weighted by molar-refractivity contribution is -0.143. The first kappa shape index (κ1) is 20.6. The van der Waals surface area contributed by atoms with Gasteiger partial charge in [0.2, 0.25) is 0 Å². The summed E-state index contributed by atoms with van der Waals surface area (Å²) >= 11 is 0. The highest BCUT2D eigenvalue weighted by Gasteiger charge is 2.11. The van der Waals surface area contributed by atoms with Crippen molar-refractivity contribution in [1.29, 1.82) is 0 Å². The second-order valence-electron chi connectivity index (χ2n) is 7.18. The summed E-state index contributed by atoms with van der Waals surface area (Å²) in [6.45, 7) is 5.65. The van der Waals surface area contributed by atoms with E-state index in [1.807, 2.05) is 19.1 Å². The molecule has 0 aromatic heterocycles. The second-order valence-corrected chi connectivity index (χ2v) is 7.18. The van der Waals surface area contributed by atoms with Crippen LogP contribution in [0.3, 0.4) is 0 Å². The molecule has 4 heteroatoms. The Morgan fingerprint density at radius 1 is 0.923 bits per heavy atom. The summed E-state index contributed by atoms with van der Waals surface area (Å²) in [7, 11) is 0. The van der Waals surface area contributed by atoms with Gasteiger partial charge in [-0.15, -0.1) is 0 Å². The molecule has 0 N–H and O–H groups in total. The molecule has 2 rings (SSSR count). The van der Waals surface area contributed by atoms with E-state index in [1.54, 1.807) is 0 Å². The van der Waals surface area contributed by atoms with Crippen molar-refractivity contribution in [3.8, 4) is 0 Å². The lowest BCUT2D eigenvalue weighted by atomic mass is 10.0. The molecule has 1 heterocycles. The van der Waals surface area contributed by atoms with Gasteiger partial charge >= 0.3 is 5.97 Å². The lowest BCUT2D eigenvalue weighted by Crippen LogP contribution is -2.29. The molecule has 1 aliphatic heterocycles. The molecule has 0 unspecified atom stereocenters. The number of piperidine rings is 1. The number of carbonyl (C=O) groups is 2. The fourth-order valence-corrected chi connectivity index (χ4v) is 3.46. The molecule has 1 aromatic rings. The summed E-state index contributed by atoms with van der Waals surface area (Å²) in [6.07, 6.45) is 8.72. The highest BCUT2D eigenvalue weighted by Crippen LogP contribution is 2.15. The molecule has 0 radical (unpaired) electrons. The molecule has 0 spiro atoms. The van der Waals surface area contributed by atoms with E-state index in [0.717, 1.165) is 37.8 Å². The Bertz CT molecular complexity index is 547. The van der Waals surface area contributed by atoms with Crippen molar-refractivity contribution in [2.24, 2.45) is 0 Å². The zero-order valence-corrected chi connectivity index (χ0v) is 16.2. The van der Waals surface area contributed by atoms with Gasteiger partial charge in [-0.2, -0.15) is 0 Å². The van der Waals surface area contributed by atoms with Crippen molar-refractivity contribution in [2.75, 3.05) is 19.7 Å². The summed E-state index contributed by atoms with van der Waals surface area (Å²) in [5.41, 5.74) is 2.11. The summed E-state index contributed by atoms with van der Waals surface area (Å²) in [5.74, 6) is 0.105. The molecule has 1 fully saturated rings. The number of benzene rings is 1. The first-order valence-electron chi connectivity index (χ1n) is 10.2. The van der Waals surface area contributed by atoms with E-state index >= 15 is 0 Å². The number of hydrogen-bond acceptors (Lipinski definition) is 4. The minimum absolute atomic E-state index is 0.117. The highest BCUT2D eigenvalue weighted by atomic mass is 16.5. The topological polar surface area (TPSA) is 46.6 Å². The van der Waals surface area contributed by atoms with Crippen LogP contribution in [0.2, 0.25) is 0 Å². The number of ketones is 1. The van der Waals surface area contributed by atoms with Crippen molar-refractivity contribution in [2.45, 2.75) is 71.3 Å². The van der Waals surface area contributed by atoms with Crippen molar-refractivity contribution in [3.63, 3.8) is 0 Å². The number of nitrogens with zero attached hydrogens (tertiary/aromatic N) is 1. The first-order valence-corrected chi connectivity index (χ1v) is 10.2. The average molecular weight is 360 g/mol. The molecule has 0 saturated carbocycles. The van der Waals surface area contributed by atoms with E-state index in [1.165, 1.54) is 37.9 Å². The van der Waals surface area contributed by atoms with E-state index < -0.39 is 0 Å². The maximum Gasteiger partial charge on any atom is 0.305 e. The summed E-state index contributed by atoms with van der Waals surface area (Å²) in [5, 5.41) is 0. The Kier molecular flexibility index (Phi) is 9.40. The number of likely N-dealkylation sites (tertiary alicyclic amines) is 1. The molecular weight excluding hydrogens is 326 g/mol. The van der Waals surface area contributed by atoms with Crippen LogP contribution >= 0.6 is 0 Å². The second kappa shape index (κ2) is 11.8. The fraction of sp³-hybridized carbons (Fsp3) is 0.636. The van der Waals surface area contributed by atoms with Gasteiger partial charge in [-0.05, 0) is 51.3 Å². The van der Waals surface area contributed by atoms with Gasteiger partial charge in [0.1, 0.15) is 0 Å². The van der Waals surface area contributed by atoms with Crippen molar-refractivity contribution < 1.29 is 14.3 Å². The van der Waals surface area contributed by atoms with Crippen LogP contribution in [0.1, 0.15) is 80.6 Å². The largest absolute Gasteiger partial charge is 0.466 e. The summed E-state index contributed by atoms with van der Waals surface area (Å²) < 4.78 is 4.91. The van der Waals surface area contributed by atoms with Gasteiger partial charge in [0.15, 0.2) is 5.78 Å². The number of carbonyl (C=O) groups excluding carboxylic acids is 2. The van der Waals surface area contributed by atoms with Crippen LogP contribution in [0, 0.1) is 0 Å². The molecule has 144 valence electrons. The monoisotopic (exact) mass is 359 g/mol. The normalized spacial score (nSPS) is 15.0. The zero-order valence-electron chi connectivity index (χ0n) is 16.2. The van der Waals surface area contributed by atoms with Gasteiger partial charge in [0.25, 0.3) is 0 Å². The van der Waals surface area contributed by atoms with Crippen LogP contribution in [0.25, 0.3) is 0 Å². The standard InChI is InChI=1S/C22H33NO3/c1-2-26-22(25)11-7-4-3-6-10-21(24)20-14-12-19(13-15-20)18-23-16-8-5-9-17-23/h12-15H,2-11,16-18H2,1H3. The predicted molar refractivity (Wildman–Crippen MR) is 104 cm³/mol. The van der Waals surface area contributed by atoms with Crippen LogP contribution in [-0.4, -0.2) is 36.3 Å². The predicted octanol–water partition coefficient (Wildman–Crippen LogP) is 4.76. The molecular formula is C22H33NO3. The molecule has 0 aliphatic carbocycles. The first-order chi connectivity index (χ1) is 12.7. The third-order valence-electron chi connectivity index (χ3n) is 4.97. The number of ether oxygens (including phenoxy) is 1. The van der Waals surface area contributed by atoms with E-state index in [4.69, 9.17) is 4.74 Å². The molecule has 1 aliphatic rings. The average Bonchev–Trinajstić information content (AvgIpc) is 2.66. The fourth-order valence-electron chi connectivity index (χ4n) is 3.46. The molecule has 0 amide bonds. The Morgan fingerprint density at radius 3 is 2.23 bits per heavy atom. The van der Waals surface area contributed by atoms with Crippen LogP contribution in [0.15, 0.2) is 24.3 Å². The van der Waals surface area contributed by atoms with Gasteiger partial charge in [-0.25, -0.2) is 0 Å². The molecule has 0 bridgehead atoms. The third kappa shape index (κ3) is 7.69. The van der Waals surface area contributed by atoms with E-state index in [-0.39, 0.29) is 11.8 Å². The number of unbranched alkanes of at least 4 members (excludes halogenated alkanes) is 3. The maximum atomic E-state index is 12.3. The number of rotatable bonds is 11. The van der Waals surface area contributed by atoms with Crippen LogP contribution in [-0.2, 0) is 16.1 Å². The zero-order chi connectivity index (χ0) is 18.6. The maximum absolute atomic E-state index is 12.3. The van der Waals surface area contributed by atoms with Gasteiger partial charge in [-0.3, -0.25) is 14.5 Å². The van der Waals surface area contributed by atoms with Crippen molar-refractivity contribution in [3.05, 3.63) is 35.4 Å². The molecule has 26 heavy (non-hydrogen) atoms. The van der Waals surface area contributed by atoms with Gasteiger partial charge in [-0.1, -0.05) is 43.5 Å². The van der Waals surface area contributed by atoms with Crippen LogP contribution in [0.5, 0.6) is 0 Å². The van der Waals surface area contributed by atoms with Gasteiger partial charge in [0.05, 0.1) is 6.61 Å². The Balaban J connectivity index is 1.62. The lowest BCUT2D eigenvalue weighted by Gasteiger charge is -2.26. The number of esters is 1. The minimum Gasteiger partial charge on any atom is -0.466 e. The number of Topliss-reactive ketones (excluding diaryl/α,β-unsaturated/α-hetero) is 1. The quantitative estimate of drug-likeness (QED) is 0.325. The number of hydrogen-bond donors (Lipinski definition) is 0. The van der Waals surface area contributed by atoms with E-state index in [2.05, 4.69) is 17.0 Å². The van der Waals surface area contributed by atoms with Gasteiger partial charge < -0.3 is 4.74 Å². The SMILES string of the molecule is CCOC(=O)CCCCCCC(=O)c1ccc(CN2CCCCC2)cc1.